The van der Waals surface area contributed by atoms with E-state index in [-0.39, 0.29) is 11.9 Å². The Morgan fingerprint density at radius 2 is 2.00 bits per heavy atom. The summed E-state index contributed by atoms with van der Waals surface area (Å²) in [6.07, 6.45) is 2.68. The summed E-state index contributed by atoms with van der Waals surface area (Å²) in [6, 6.07) is 8.36. The standard InChI is InChI=1S/C19H26N4O2S2/c1-3-14-5-7-16(8-6-14)20-18-21-23(19(26)27-18)13-22-11-9-15(10-12-22)17(24)25-4-2/h5-8,15H,3-4,9-13H2,1-2H3,(H,20,21). The third-order valence-corrected chi connectivity index (χ3v) is 5.98. The number of aryl methyl sites for hydroxylation is 1. The van der Waals surface area contributed by atoms with Crippen LogP contribution >= 0.6 is 23.6 Å². The van der Waals surface area contributed by atoms with E-state index in [2.05, 4.69) is 46.5 Å². The summed E-state index contributed by atoms with van der Waals surface area (Å²) in [5.74, 6) is -0.0454. The van der Waals surface area contributed by atoms with Gasteiger partial charge in [-0.1, -0.05) is 30.4 Å². The zero-order valence-electron chi connectivity index (χ0n) is 15.8. The van der Waals surface area contributed by atoms with Gasteiger partial charge in [0.1, 0.15) is 0 Å². The summed E-state index contributed by atoms with van der Waals surface area (Å²) >= 11 is 6.95. The molecule has 6 nitrogen and oxygen atoms in total. The zero-order chi connectivity index (χ0) is 19.2. The molecule has 0 atom stereocenters. The Morgan fingerprint density at radius 3 is 2.63 bits per heavy atom. The van der Waals surface area contributed by atoms with Gasteiger partial charge in [-0.2, -0.15) is 0 Å². The van der Waals surface area contributed by atoms with Crippen LogP contribution in [0, 0.1) is 9.87 Å². The first-order chi connectivity index (χ1) is 13.1. The predicted molar refractivity (Wildman–Crippen MR) is 111 cm³/mol. The van der Waals surface area contributed by atoms with Crippen molar-refractivity contribution >= 4 is 40.3 Å². The highest BCUT2D eigenvalue weighted by Gasteiger charge is 2.26. The lowest BCUT2D eigenvalue weighted by Gasteiger charge is -2.30. The van der Waals surface area contributed by atoms with E-state index in [1.54, 1.807) is 0 Å². The van der Waals surface area contributed by atoms with Gasteiger partial charge in [0.15, 0.2) is 3.95 Å². The van der Waals surface area contributed by atoms with Gasteiger partial charge in [-0.15, -0.1) is 5.10 Å². The van der Waals surface area contributed by atoms with Gasteiger partial charge in [-0.25, -0.2) is 4.68 Å². The summed E-state index contributed by atoms with van der Waals surface area (Å²) in [5.41, 5.74) is 2.32. The fourth-order valence-corrected chi connectivity index (χ4v) is 4.17. The fraction of sp³-hybridized carbons (Fsp3) is 0.526. The number of esters is 1. The van der Waals surface area contributed by atoms with Crippen molar-refractivity contribution in [2.24, 2.45) is 5.92 Å². The van der Waals surface area contributed by atoms with Crippen molar-refractivity contribution in [1.82, 2.24) is 14.7 Å². The minimum Gasteiger partial charge on any atom is -0.466 e. The number of nitrogens with one attached hydrogen (secondary N) is 1. The van der Waals surface area contributed by atoms with Gasteiger partial charge in [-0.05, 0) is 56.1 Å². The lowest BCUT2D eigenvalue weighted by Crippen LogP contribution is -2.38. The molecule has 1 N–H and O–H groups in total. The molecule has 0 aliphatic carbocycles. The number of benzene rings is 1. The SMILES string of the molecule is CCOC(=O)C1CCN(Cn2nc(Nc3ccc(CC)cc3)sc2=S)CC1. The number of likely N-dealkylation sites (tertiary alicyclic amines) is 1. The van der Waals surface area contributed by atoms with Crippen LogP contribution in [0.4, 0.5) is 10.8 Å². The van der Waals surface area contributed by atoms with E-state index < -0.39 is 0 Å². The van der Waals surface area contributed by atoms with Crippen molar-refractivity contribution in [3.8, 4) is 0 Å². The Bertz CT molecular complexity index is 808. The first-order valence-corrected chi connectivity index (χ1v) is 10.6. The molecule has 0 bridgehead atoms. The molecule has 146 valence electrons. The largest absolute Gasteiger partial charge is 0.466 e. The van der Waals surface area contributed by atoms with Gasteiger partial charge in [0.05, 0.1) is 19.2 Å². The Morgan fingerprint density at radius 1 is 1.30 bits per heavy atom. The Labute approximate surface area is 169 Å². The van der Waals surface area contributed by atoms with E-state index in [0.29, 0.717) is 13.3 Å². The molecule has 2 aromatic rings. The topological polar surface area (TPSA) is 59.4 Å². The third-order valence-electron chi connectivity index (χ3n) is 4.76. The van der Waals surface area contributed by atoms with E-state index in [1.165, 1.54) is 16.9 Å². The monoisotopic (exact) mass is 406 g/mol. The maximum Gasteiger partial charge on any atom is 0.309 e. The third kappa shape index (κ3) is 5.37. The number of carbonyl (C=O) groups is 1. The van der Waals surface area contributed by atoms with Crippen LogP contribution in [0.5, 0.6) is 0 Å². The van der Waals surface area contributed by atoms with Crippen molar-refractivity contribution in [2.75, 3.05) is 25.0 Å². The molecule has 27 heavy (non-hydrogen) atoms. The minimum absolute atomic E-state index is 0.0212. The van der Waals surface area contributed by atoms with Crippen molar-refractivity contribution in [1.29, 1.82) is 0 Å². The number of anilines is 2. The zero-order valence-corrected chi connectivity index (χ0v) is 17.4. The van der Waals surface area contributed by atoms with Crippen molar-refractivity contribution in [2.45, 2.75) is 39.8 Å². The summed E-state index contributed by atoms with van der Waals surface area (Å²) < 4.78 is 7.73. The minimum atomic E-state index is -0.0667. The molecule has 0 spiro atoms. The average molecular weight is 407 g/mol. The summed E-state index contributed by atoms with van der Waals surface area (Å²) in [7, 11) is 0. The number of aromatic nitrogens is 2. The van der Waals surface area contributed by atoms with Gasteiger partial charge < -0.3 is 10.1 Å². The molecule has 1 aromatic carbocycles. The van der Waals surface area contributed by atoms with E-state index in [9.17, 15) is 4.79 Å². The van der Waals surface area contributed by atoms with Crippen molar-refractivity contribution in [3.05, 3.63) is 33.8 Å². The van der Waals surface area contributed by atoms with Crippen molar-refractivity contribution < 1.29 is 9.53 Å². The van der Waals surface area contributed by atoms with Crippen molar-refractivity contribution in [3.63, 3.8) is 0 Å². The summed E-state index contributed by atoms with van der Waals surface area (Å²) in [6.45, 7) is 6.80. The quantitative estimate of drug-likeness (QED) is 0.549. The summed E-state index contributed by atoms with van der Waals surface area (Å²) in [4.78, 5) is 14.1. The Kier molecular flexibility index (Phi) is 6.98. The van der Waals surface area contributed by atoms with Crippen LogP contribution in [-0.2, 0) is 22.6 Å². The molecular formula is C19H26N4O2S2. The van der Waals surface area contributed by atoms with E-state index >= 15 is 0 Å². The molecule has 0 radical (unpaired) electrons. The molecule has 3 rings (SSSR count). The Balaban J connectivity index is 1.55. The lowest BCUT2D eigenvalue weighted by atomic mass is 9.97. The van der Waals surface area contributed by atoms with Crippen LogP contribution < -0.4 is 5.32 Å². The molecule has 1 aromatic heterocycles. The first kappa shape index (κ1) is 20.0. The molecule has 8 heteroatoms. The second kappa shape index (κ2) is 9.43. The molecule has 0 unspecified atom stereocenters. The second-order valence-electron chi connectivity index (χ2n) is 6.63. The van der Waals surface area contributed by atoms with Crippen LogP contribution in [0.2, 0.25) is 0 Å². The molecule has 1 aliphatic heterocycles. The Hall–Kier alpha value is -1.77. The number of ether oxygens (including phenoxy) is 1. The number of carbonyl (C=O) groups excluding carboxylic acids is 1. The second-order valence-corrected chi connectivity index (χ2v) is 8.26. The highest BCUT2D eigenvalue weighted by Crippen LogP contribution is 2.23. The fourth-order valence-electron chi connectivity index (χ4n) is 3.15. The molecule has 2 heterocycles. The van der Waals surface area contributed by atoms with Crippen LogP contribution in [-0.4, -0.2) is 40.3 Å². The molecule has 0 amide bonds. The van der Waals surface area contributed by atoms with E-state index in [0.717, 1.165) is 47.1 Å². The molecule has 1 fully saturated rings. The van der Waals surface area contributed by atoms with Crippen LogP contribution in [0.3, 0.4) is 0 Å². The van der Waals surface area contributed by atoms with Crippen LogP contribution in [0.25, 0.3) is 0 Å². The maximum absolute atomic E-state index is 11.9. The van der Waals surface area contributed by atoms with Gasteiger partial charge in [0, 0.05) is 18.8 Å². The maximum atomic E-state index is 11.9. The number of nitrogens with zero attached hydrogens (tertiary/aromatic N) is 3. The van der Waals surface area contributed by atoms with Crippen LogP contribution in [0.15, 0.2) is 24.3 Å². The van der Waals surface area contributed by atoms with Crippen LogP contribution in [0.1, 0.15) is 32.3 Å². The highest BCUT2D eigenvalue weighted by atomic mass is 32.1. The summed E-state index contributed by atoms with van der Waals surface area (Å²) in [5, 5.41) is 8.74. The number of piperidine rings is 1. The number of hydrogen-bond donors (Lipinski definition) is 1. The molecular weight excluding hydrogens is 380 g/mol. The predicted octanol–water partition coefficient (Wildman–Crippen LogP) is 4.21. The van der Waals surface area contributed by atoms with Gasteiger partial charge in [0.25, 0.3) is 0 Å². The molecule has 0 saturated carbocycles. The smallest absolute Gasteiger partial charge is 0.309 e. The highest BCUT2D eigenvalue weighted by molar-refractivity contribution is 7.73. The normalized spacial score (nSPS) is 15.6. The molecule has 1 saturated heterocycles. The van der Waals surface area contributed by atoms with Gasteiger partial charge in [0.2, 0.25) is 5.13 Å². The lowest BCUT2D eigenvalue weighted by molar-refractivity contribution is -0.149. The van der Waals surface area contributed by atoms with Gasteiger partial charge in [-0.3, -0.25) is 9.69 Å². The van der Waals surface area contributed by atoms with Gasteiger partial charge >= 0.3 is 5.97 Å². The molecule has 1 aliphatic rings. The average Bonchev–Trinajstić information content (AvgIpc) is 3.02. The number of rotatable bonds is 7. The van der Waals surface area contributed by atoms with E-state index in [4.69, 9.17) is 17.0 Å². The van der Waals surface area contributed by atoms with E-state index in [1.807, 2.05) is 11.6 Å². The first-order valence-electron chi connectivity index (χ1n) is 9.42. The number of hydrogen-bond acceptors (Lipinski definition) is 7.